The molecule has 0 aromatic carbocycles. The minimum atomic E-state index is -0.110. The van der Waals surface area contributed by atoms with Crippen molar-refractivity contribution in [1.29, 1.82) is 0 Å². The average Bonchev–Trinajstić information content (AvgIpc) is 1.61. The van der Waals surface area contributed by atoms with Gasteiger partial charge in [-0.25, -0.2) is 0 Å². The number of hydrogen-bond donors (Lipinski definition) is 0. The first-order valence-corrected chi connectivity index (χ1v) is 5.27. The lowest BCUT2D eigenvalue weighted by Crippen LogP contribution is -1.46. The molecule has 0 aromatic rings. The molecule has 40 valence electrons. The van der Waals surface area contributed by atoms with Crippen LogP contribution in [0.15, 0.2) is 4.52 Å². The van der Waals surface area contributed by atoms with E-state index in [2.05, 4.69) is 9.43 Å². The molecular formula is C2H6N3PS. The van der Waals surface area contributed by atoms with Gasteiger partial charge in [0.05, 0.1) is 0 Å². The van der Waals surface area contributed by atoms with Crippen LogP contribution >= 0.6 is 18.7 Å². The summed E-state index contributed by atoms with van der Waals surface area (Å²) in [7, 11) is -0.110. The van der Waals surface area contributed by atoms with Crippen LogP contribution in [0.3, 0.4) is 0 Å². The average molecular weight is 135 g/mol. The van der Waals surface area contributed by atoms with Gasteiger partial charge in [-0.2, -0.15) is 0 Å². The lowest BCUT2D eigenvalue weighted by molar-refractivity contribution is 1.83. The molecule has 0 aliphatic carbocycles. The van der Waals surface area contributed by atoms with Gasteiger partial charge < -0.3 is 0 Å². The SMILES string of the molecule is CP(C)SN=[N+]=[N-]. The van der Waals surface area contributed by atoms with Crippen LogP contribution in [-0.2, 0) is 0 Å². The molecule has 0 unspecified atom stereocenters. The maximum atomic E-state index is 7.76. The van der Waals surface area contributed by atoms with Gasteiger partial charge in [-0.15, -0.1) is 0 Å². The van der Waals surface area contributed by atoms with Gasteiger partial charge in [-0.05, 0) is 42.1 Å². The van der Waals surface area contributed by atoms with Gasteiger partial charge in [0.25, 0.3) is 0 Å². The Morgan fingerprint density at radius 3 is 2.43 bits per heavy atom. The van der Waals surface area contributed by atoms with E-state index in [-0.39, 0.29) is 7.12 Å². The Labute approximate surface area is 47.7 Å². The smallest absolute Gasteiger partial charge is 0.0111 e. The Hall–Kier alpha value is 0.0900. The summed E-state index contributed by atoms with van der Waals surface area (Å²) in [5, 5.41) is 0. The number of nitrogens with zero attached hydrogens (tertiary/aromatic N) is 3. The van der Waals surface area contributed by atoms with Crippen molar-refractivity contribution in [3.8, 4) is 0 Å². The second kappa shape index (κ2) is 4.25. The summed E-state index contributed by atoms with van der Waals surface area (Å²) in [5.74, 6) is 0. The monoisotopic (exact) mass is 135 g/mol. The van der Waals surface area contributed by atoms with Crippen LogP contribution in [0.4, 0.5) is 0 Å². The molecule has 3 nitrogen and oxygen atoms in total. The highest BCUT2D eigenvalue weighted by Gasteiger charge is 1.84. The summed E-state index contributed by atoms with van der Waals surface area (Å²) in [6, 6.07) is 0. The van der Waals surface area contributed by atoms with Crippen LogP contribution in [0.1, 0.15) is 0 Å². The van der Waals surface area contributed by atoms with Crippen molar-refractivity contribution in [2.75, 3.05) is 13.3 Å². The molecular weight excluding hydrogens is 129 g/mol. The van der Waals surface area contributed by atoms with Crippen molar-refractivity contribution in [2.24, 2.45) is 4.52 Å². The molecule has 0 atom stereocenters. The zero-order valence-corrected chi connectivity index (χ0v) is 5.91. The van der Waals surface area contributed by atoms with Crippen molar-refractivity contribution in [1.82, 2.24) is 0 Å². The topological polar surface area (TPSA) is 48.8 Å². The van der Waals surface area contributed by atoms with Gasteiger partial charge in [0, 0.05) is 4.91 Å². The van der Waals surface area contributed by atoms with Crippen LogP contribution < -0.4 is 0 Å². The van der Waals surface area contributed by atoms with Gasteiger partial charge in [-0.1, -0.05) is 0 Å². The predicted molar refractivity (Wildman–Crippen MR) is 35.5 cm³/mol. The normalized spacial score (nSPS) is 8.43. The minimum absolute atomic E-state index is 0.110. The maximum absolute atomic E-state index is 7.76. The van der Waals surface area contributed by atoms with E-state index in [9.17, 15) is 0 Å². The molecule has 7 heavy (non-hydrogen) atoms. The van der Waals surface area contributed by atoms with E-state index in [1.165, 1.54) is 11.6 Å². The number of rotatable bonds is 2. The molecule has 0 radical (unpaired) electrons. The van der Waals surface area contributed by atoms with Crippen molar-refractivity contribution in [3.05, 3.63) is 10.4 Å². The Morgan fingerprint density at radius 2 is 2.29 bits per heavy atom. The maximum Gasteiger partial charge on any atom is 0.0111 e. The fourth-order valence-corrected chi connectivity index (χ4v) is 0.804. The second-order valence-electron chi connectivity index (χ2n) is 1.07. The van der Waals surface area contributed by atoms with E-state index in [4.69, 9.17) is 5.53 Å². The molecule has 0 heterocycles. The third-order valence-electron chi connectivity index (χ3n) is 0.236. The summed E-state index contributed by atoms with van der Waals surface area (Å²) < 4.78 is 3.30. The highest BCUT2D eigenvalue weighted by atomic mass is 32.7. The second-order valence-corrected chi connectivity index (χ2v) is 5.70. The molecule has 0 bridgehead atoms. The first-order valence-electron chi connectivity index (χ1n) is 1.66. The van der Waals surface area contributed by atoms with Crippen LogP contribution in [0, 0.1) is 0 Å². The molecule has 0 saturated carbocycles. The molecule has 0 saturated heterocycles. The number of azide groups is 1. The molecule has 5 heteroatoms. The molecule has 0 spiro atoms. The summed E-state index contributed by atoms with van der Waals surface area (Å²) in [6.07, 6.45) is 0. The lowest BCUT2D eigenvalue weighted by atomic mass is 11.9. The summed E-state index contributed by atoms with van der Waals surface area (Å²) in [5.41, 5.74) is 7.76. The quantitative estimate of drug-likeness (QED) is 0.189. The fourth-order valence-electron chi connectivity index (χ4n) is 0.0894. The standard InChI is InChI=1S/C2H6N3PS/c1-6(2)7-5-4-3/h1-2H3. The molecule has 0 aliphatic rings. The van der Waals surface area contributed by atoms with Crippen molar-refractivity contribution < 1.29 is 0 Å². The third-order valence-corrected chi connectivity index (χ3v) is 1.91. The largest absolute Gasteiger partial charge is 0.0451 e. The Bertz CT molecular complexity index is 86.9. The summed E-state index contributed by atoms with van der Waals surface area (Å²) >= 11 is 1.30. The van der Waals surface area contributed by atoms with Gasteiger partial charge in [0.15, 0.2) is 0 Å². The molecule has 0 N–H and O–H groups in total. The minimum Gasteiger partial charge on any atom is -0.0451 e. The first-order chi connectivity index (χ1) is 3.27. The van der Waals surface area contributed by atoms with Crippen molar-refractivity contribution >= 4 is 18.7 Å². The van der Waals surface area contributed by atoms with Crippen LogP contribution in [-0.4, -0.2) is 13.3 Å². The van der Waals surface area contributed by atoms with Gasteiger partial charge in [0.2, 0.25) is 0 Å². The van der Waals surface area contributed by atoms with Crippen molar-refractivity contribution in [3.63, 3.8) is 0 Å². The highest BCUT2D eigenvalue weighted by Crippen LogP contribution is 2.42. The molecule has 0 amide bonds. The highest BCUT2D eigenvalue weighted by molar-refractivity contribution is 8.54. The third kappa shape index (κ3) is 6.09. The van der Waals surface area contributed by atoms with E-state index in [0.717, 1.165) is 0 Å². The zero-order chi connectivity index (χ0) is 5.70. The first kappa shape index (κ1) is 7.09. The van der Waals surface area contributed by atoms with Crippen LogP contribution in [0.2, 0.25) is 0 Å². The lowest BCUT2D eigenvalue weighted by Gasteiger charge is -1.91. The Balaban J connectivity index is 3.13. The van der Waals surface area contributed by atoms with Gasteiger partial charge >= 0.3 is 0 Å². The van der Waals surface area contributed by atoms with Crippen LogP contribution in [0.25, 0.3) is 10.4 Å². The van der Waals surface area contributed by atoms with E-state index in [1.807, 2.05) is 13.3 Å². The van der Waals surface area contributed by atoms with Crippen molar-refractivity contribution in [2.45, 2.75) is 0 Å². The zero-order valence-electron chi connectivity index (χ0n) is 4.20. The fraction of sp³-hybridized carbons (Fsp3) is 1.00. The van der Waals surface area contributed by atoms with E-state index < -0.39 is 0 Å². The molecule has 0 aliphatic heterocycles. The van der Waals surface area contributed by atoms with E-state index in [1.54, 1.807) is 0 Å². The Morgan fingerprint density at radius 1 is 1.71 bits per heavy atom. The van der Waals surface area contributed by atoms with Gasteiger partial charge in [0.1, 0.15) is 0 Å². The molecule has 0 aromatic heterocycles. The predicted octanol–water partition coefficient (Wildman–Crippen LogP) is 2.60. The van der Waals surface area contributed by atoms with Gasteiger partial charge in [-0.3, -0.25) is 0 Å². The summed E-state index contributed by atoms with van der Waals surface area (Å²) in [4.78, 5) is 2.58. The number of hydrogen-bond acceptors (Lipinski definition) is 2. The summed E-state index contributed by atoms with van der Waals surface area (Å²) in [6.45, 7) is 4.07. The van der Waals surface area contributed by atoms with E-state index >= 15 is 0 Å². The Kier molecular flexibility index (Phi) is 4.31. The molecule has 0 fully saturated rings. The molecule has 0 rings (SSSR count). The van der Waals surface area contributed by atoms with Crippen LogP contribution in [0.5, 0.6) is 0 Å². The van der Waals surface area contributed by atoms with E-state index in [0.29, 0.717) is 0 Å².